The van der Waals surface area contributed by atoms with Crippen LogP contribution in [0.3, 0.4) is 0 Å². The molecule has 114 valence electrons. The first-order valence-electron chi connectivity index (χ1n) is 7.39. The van der Waals surface area contributed by atoms with Crippen molar-refractivity contribution < 1.29 is 14.8 Å². The van der Waals surface area contributed by atoms with Gasteiger partial charge in [0.2, 0.25) is 5.91 Å². The van der Waals surface area contributed by atoms with Crippen LogP contribution in [0.2, 0.25) is 0 Å². The van der Waals surface area contributed by atoms with Crippen LogP contribution in [0.4, 0.5) is 0 Å². The van der Waals surface area contributed by atoms with E-state index in [9.17, 15) is 9.59 Å². The van der Waals surface area contributed by atoms with Gasteiger partial charge in [-0.2, -0.15) is 0 Å². The molecule has 2 amide bonds. The molecule has 0 aliphatic heterocycles. The quantitative estimate of drug-likeness (QED) is 0.419. The molecule has 21 heavy (non-hydrogen) atoms. The Bertz CT molecular complexity index is 490. The van der Waals surface area contributed by atoms with Crippen LogP contribution < -0.4 is 11.2 Å². The van der Waals surface area contributed by atoms with Crippen LogP contribution in [0.5, 0.6) is 0 Å². The van der Waals surface area contributed by atoms with Crippen LogP contribution in [-0.2, 0) is 9.59 Å². The Kier molecular flexibility index (Phi) is 4.96. The number of allylic oxidation sites excluding steroid dienone is 4. The van der Waals surface area contributed by atoms with Crippen LogP contribution in [-0.4, -0.2) is 17.0 Å². The van der Waals surface area contributed by atoms with E-state index in [4.69, 9.17) is 10.9 Å². The number of carbonyl (C=O) groups is 2. The van der Waals surface area contributed by atoms with Gasteiger partial charge < -0.3 is 5.73 Å². The summed E-state index contributed by atoms with van der Waals surface area (Å²) >= 11 is 0. The Morgan fingerprint density at radius 2 is 1.95 bits per heavy atom. The number of amides is 2. The van der Waals surface area contributed by atoms with E-state index in [0.29, 0.717) is 0 Å². The summed E-state index contributed by atoms with van der Waals surface area (Å²) in [4.78, 5) is 23.2. The zero-order valence-electron chi connectivity index (χ0n) is 12.0. The average molecular weight is 290 g/mol. The van der Waals surface area contributed by atoms with Crippen LogP contribution in [0.15, 0.2) is 36.5 Å². The standard InChI is InChI=1S/C16H22N2O3/c17-15(20)13-8-4-5-10-16(13,11-9-14(19)18-21)12-6-2-1-3-7-12/h4-5,8-13,21H,1-3,6-7H2,(H2,17,20)(H,18,19)/b11-9+. The van der Waals surface area contributed by atoms with E-state index in [1.54, 1.807) is 17.6 Å². The monoisotopic (exact) mass is 290 g/mol. The summed E-state index contributed by atoms with van der Waals surface area (Å²) in [5.41, 5.74) is 6.59. The van der Waals surface area contributed by atoms with Crippen molar-refractivity contribution in [2.75, 3.05) is 0 Å². The molecule has 0 saturated heterocycles. The molecule has 2 aliphatic carbocycles. The predicted molar refractivity (Wildman–Crippen MR) is 79.0 cm³/mol. The molecule has 0 spiro atoms. The second-order valence-electron chi connectivity index (χ2n) is 5.77. The highest BCUT2D eigenvalue weighted by Gasteiger charge is 2.44. The Balaban J connectivity index is 2.39. The molecule has 0 aromatic heterocycles. The predicted octanol–water partition coefficient (Wildman–Crippen LogP) is 1.84. The Morgan fingerprint density at radius 1 is 1.24 bits per heavy atom. The molecular formula is C16H22N2O3. The molecular weight excluding hydrogens is 268 g/mol. The molecule has 0 radical (unpaired) electrons. The van der Waals surface area contributed by atoms with Gasteiger partial charge in [0.15, 0.2) is 0 Å². The minimum atomic E-state index is -0.601. The number of carbonyl (C=O) groups excluding carboxylic acids is 2. The highest BCUT2D eigenvalue weighted by Crippen LogP contribution is 2.48. The lowest BCUT2D eigenvalue weighted by atomic mass is 9.60. The second-order valence-corrected chi connectivity index (χ2v) is 5.77. The zero-order valence-corrected chi connectivity index (χ0v) is 12.0. The van der Waals surface area contributed by atoms with E-state index in [1.807, 2.05) is 18.2 Å². The summed E-state index contributed by atoms with van der Waals surface area (Å²) in [5, 5.41) is 8.66. The number of nitrogens with two attached hydrogens (primary N) is 1. The lowest BCUT2D eigenvalue weighted by Gasteiger charge is -2.43. The van der Waals surface area contributed by atoms with Gasteiger partial charge in [-0.15, -0.1) is 0 Å². The van der Waals surface area contributed by atoms with Gasteiger partial charge in [-0.1, -0.05) is 49.6 Å². The molecule has 0 aromatic carbocycles. The van der Waals surface area contributed by atoms with Gasteiger partial charge in [0, 0.05) is 11.5 Å². The summed E-state index contributed by atoms with van der Waals surface area (Å²) in [6.45, 7) is 0. The van der Waals surface area contributed by atoms with Crippen LogP contribution in [0.25, 0.3) is 0 Å². The van der Waals surface area contributed by atoms with Crippen LogP contribution >= 0.6 is 0 Å². The third-order valence-corrected chi connectivity index (χ3v) is 4.59. The van der Waals surface area contributed by atoms with Crippen molar-refractivity contribution in [2.24, 2.45) is 23.0 Å². The fourth-order valence-electron chi connectivity index (χ4n) is 3.55. The van der Waals surface area contributed by atoms with Gasteiger partial charge in [-0.3, -0.25) is 14.8 Å². The van der Waals surface area contributed by atoms with Crippen molar-refractivity contribution in [3.05, 3.63) is 36.5 Å². The third kappa shape index (κ3) is 3.24. The SMILES string of the molecule is NC(=O)C1C=CC=CC1(/C=C/C(=O)NO)C1CCCCC1. The van der Waals surface area contributed by atoms with Gasteiger partial charge in [0.05, 0.1) is 5.92 Å². The van der Waals surface area contributed by atoms with Crippen LogP contribution in [0, 0.1) is 17.3 Å². The molecule has 2 unspecified atom stereocenters. The lowest BCUT2D eigenvalue weighted by molar-refractivity contribution is -0.125. The smallest absolute Gasteiger partial charge is 0.267 e. The summed E-state index contributed by atoms with van der Waals surface area (Å²) in [6, 6.07) is 0. The van der Waals surface area contributed by atoms with Gasteiger partial charge in [0.1, 0.15) is 0 Å². The maximum Gasteiger partial charge on any atom is 0.267 e. The molecule has 0 heterocycles. The molecule has 5 heteroatoms. The summed E-state index contributed by atoms with van der Waals surface area (Å²) < 4.78 is 0. The van der Waals surface area contributed by atoms with Gasteiger partial charge in [-0.25, -0.2) is 5.48 Å². The van der Waals surface area contributed by atoms with Crippen molar-refractivity contribution in [1.29, 1.82) is 0 Å². The molecule has 1 saturated carbocycles. The van der Waals surface area contributed by atoms with Crippen LogP contribution in [0.1, 0.15) is 32.1 Å². The van der Waals surface area contributed by atoms with E-state index in [2.05, 4.69) is 0 Å². The Morgan fingerprint density at radius 3 is 2.57 bits per heavy atom. The highest BCUT2D eigenvalue weighted by atomic mass is 16.5. The zero-order chi connectivity index (χ0) is 15.3. The maximum atomic E-state index is 11.9. The van der Waals surface area contributed by atoms with Gasteiger partial charge in [0.25, 0.3) is 5.91 Å². The van der Waals surface area contributed by atoms with Crippen molar-refractivity contribution in [2.45, 2.75) is 32.1 Å². The van der Waals surface area contributed by atoms with Crippen molar-refractivity contribution in [3.63, 3.8) is 0 Å². The first-order valence-corrected chi connectivity index (χ1v) is 7.39. The molecule has 2 aliphatic rings. The molecule has 2 atom stereocenters. The molecule has 0 aromatic rings. The van der Waals surface area contributed by atoms with E-state index in [-0.39, 0.29) is 5.92 Å². The van der Waals surface area contributed by atoms with E-state index >= 15 is 0 Å². The molecule has 0 bridgehead atoms. The van der Waals surface area contributed by atoms with Gasteiger partial charge in [-0.05, 0) is 18.8 Å². The first-order chi connectivity index (χ1) is 10.1. The Hall–Kier alpha value is -1.88. The van der Waals surface area contributed by atoms with E-state index in [1.165, 1.54) is 12.5 Å². The average Bonchev–Trinajstić information content (AvgIpc) is 2.53. The number of rotatable bonds is 4. The number of hydrogen-bond donors (Lipinski definition) is 3. The van der Waals surface area contributed by atoms with E-state index < -0.39 is 23.1 Å². The minimum Gasteiger partial charge on any atom is -0.369 e. The van der Waals surface area contributed by atoms with Crippen molar-refractivity contribution in [1.82, 2.24) is 5.48 Å². The van der Waals surface area contributed by atoms with Gasteiger partial charge >= 0.3 is 0 Å². The number of primary amides is 1. The molecule has 2 rings (SSSR count). The summed E-state index contributed by atoms with van der Waals surface area (Å²) in [7, 11) is 0. The number of hydrogen-bond acceptors (Lipinski definition) is 3. The van der Waals surface area contributed by atoms with Crippen molar-refractivity contribution in [3.8, 4) is 0 Å². The highest BCUT2D eigenvalue weighted by molar-refractivity contribution is 5.87. The third-order valence-electron chi connectivity index (χ3n) is 4.59. The fourth-order valence-corrected chi connectivity index (χ4v) is 3.55. The molecule has 4 N–H and O–H groups in total. The maximum absolute atomic E-state index is 11.9. The molecule has 5 nitrogen and oxygen atoms in total. The summed E-state index contributed by atoms with van der Waals surface area (Å²) in [5.74, 6) is -1.19. The molecule has 1 fully saturated rings. The van der Waals surface area contributed by atoms with E-state index in [0.717, 1.165) is 25.7 Å². The number of hydroxylamine groups is 1. The summed E-state index contributed by atoms with van der Waals surface area (Å²) in [6.07, 6.45) is 16.0. The first kappa shape index (κ1) is 15.5. The Labute approximate surface area is 124 Å². The largest absolute Gasteiger partial charge is 0.369 e. The fraction of sp³-hybridized carbons (Fsp3) is 0.500. The lowest BCUT2D eigenvalue weighted by Crippen LogP contribution is -2.43. The number of nitrogens with one attached hydrogen (secondary N) is 1. The normalized spacial score (nSPS) is 29.7. The minimum absolute atomic E-state index is 0.271. The second kappa shape index (κ2) is 6.72. The van der Waals surface area contributed by atoms with Crippen molar-refractivity contribution >= 4 is 11.8 Å². The topological polar surface area (TPSA) is 92.4 Å².